The van der Waals surface area contributed by atoms with Crippen LogP contribution in [0.1, 0.15) is 33.6 Å². The molecule has 0 rings (SSSR count). The van der Waals surface area contributed by atoms with E-state index in [0.29, 0.717) is 12.8 Å². The van der Waals surface area contributed by atoms with Crippen molar-refractivity contribution in [3.63, 3.8) is 0 Å². The number of hydrogen-bond acceptors (Lipinski definition) is 2. The largest absolute Gasteiger partial charge is 0.370 e. The highest BCUT2D eigenvalue weighted by molar-refractivity contribution is 5.81. The smallest absolute Gasteiger partial charge is 0.217 e. The maximum atomic E-state index is 11.2. The van der Waals surface area contributed by atoms with Gasteiger partial charge in [-0.15, -0.1) is 0 Å². The van der Waals surface area contributed by atoms with Gasteiger partial charge in [0.25, 0.3) is 0 Å². The average Bonchev–Trinajstić information content (AvgIpc) is 1.84. The minimum Gasteiger partial charge on any atom is -0.370 e. The van der Waals surface area contributed by atoms with Gasteiger partial charge in [0, 0.05) is 18.8 Å². The number of nitrogens with two attached hydrogens (primary N) is 1. The van der Waals surface area contributed by atoms with E-state index in [-0.39, 0.29) is 23.5 Å². The number of ketones is 1. The Labute approximate surface area is 73.3 Å². The molecule has 0 spiro atoms. The predicted molar refractivity (Wildman–Crippen MR) is 47.4 cm³/mol. The fourth-order valence-electron chi connectivity index (χ4n) is 0.995. The summed E-state index contributed by atoms with van der Waals surface area (Å²) in [7, 11) is 0. The van der Waals surface area contributed by atoms with Crippen LogP contribution in [-0.4, -0.2) is 11.7 Å². The summed E-state index contributed by atoms with van der Waals surface area (Å²) in [6, 6.07) is 0. The van der Waals surface area contributed by atoms with Crippen molar-refractivity contribution in [3.05, 3.63) is 0 Å². The fraction of sp³-hybridized carbons (Fsp3) is 0.778. The molecular weight excluding hydrogens is 154 g/mol. The lowest BCUT2D eigenvalue weighted by molar-refractivity contribution is -0.123. The molecule has 1 unspecified atom stereocenters. The second-order valence-corrected chi connectivity index (χ2v) is 3.60. The molecular formula is C9H17NO2. The number of amides is 1. The van der Waals surface area contributed by atoms with E-state index in [1.807, 2.05) is 20.8 Å². The first-order valence-electron chi connectivity index (χ1n) is 4.24. The predicted octanol–water partition coefficient (Wildman–Crippen LogP) is 1.11. The van der Waals surface area contributed by atoms with Crippen LogP contribution in [0.5, 0.6) is 0 Å². The maximum Gasteiger partial charge on any atom is 0.217 e. The van der Waals surface area contributed by atoms with Crippen LogP contribution in [-0.2, 0) is 9.59 Å². The third kappa shape index (κ3) is 4.88. The van der Waals surface area contributed by atoms with Gasteiger partial charge in [0.1, 0.15) is 5.78 Å². The SMILES string of the molecule is CC(CC(N)=O)CC(=O)C(C)C. The monoisotopic (exact) mass is 171 g/mol. The highest BCUT2D eigenvalue weighted by atomic mass is 16.1. The molecule has 0 aliphatic heterocycles. The van der Waals surface area contributed by atoms with Gasteiger partial charge in [-0.1, -0.05) is 20.8 Å². The van der Waals surface area contributed by atoms with Crippen molar-refractivity contribution in [1.82, 2.24) is 0 Å². The number of carbonyl (C=O) groups excluding carboxylic acids is 2. The zero-order valence-corrected chi connectivity index (χ0v) is 7.96. The summed E-state index contributed by atoms with van der Waals surface area (Å²) in [5, 5.41) is 0. The zero-order valence-electron chi connectivity index (χ0n) is 7.96. The van der Waals surface area contributed by atoms with Crippen LogP contribution < -0.4 is 5.73 Å². The fourth-order valence-corrected chi connectivity index (χ4v) is 0.995. The van der Waals surface area contributed by atoms with Crippen LogP contribution in [0.25, 0.3) is 0 Å². The summed E-state index contributed by atoms with van der Waals surface area (Å²) in [5.41, 5.74) is 4.99. The molecule has 0 aliphatic rings. The summed E-state index contributed by atoms with van der Waals surface area (Å²) < 4.78 is 0. The van der Waals surface area contributed by atoms with E-state index in [2.05, 4.69) is 0 Å². The van der Waals surface area contributed by atoms with Gasteiger partial charge >= 0.3 is 0 Å². The van der Waals surface area contributed by atoms with Crippen LogP contribution in [0.15, 0.2) is 0 Å². The molecule has 1 amide bonds. The lowest BCUT2D eigenvalue weighted by Crippen LogP contribution is -2.18. The summed E-state index contributed by atoms with van der Waals surface area (Å²) in [6.07, 6.45) is 0.763. The molecule has 0 bridgehead atoms. The Kier molecular flexibility index (Phi) is 4.55. The van der Waals surface area contributed by atoms with Gasteiger partial charge in [-0.05, 0) is 5.92 Å². The number of rotatable bonds is 5. The summed E-state index contributed by atoms with van der Waals surface area (Å²) >= 11 is 0. The van der Waals surface area contributed by atoms with Crippen LogP contribution in [0.2, 0.25) is 0 Å². The highest BCUT2D eigenvalue weighted by Crippen LogP contribution is 2.10. The molecule has 0 aromatic heterocycles. The minimum atomic E-state index is -0.334. The van der Waals surface area contributed by atoms with E-state index in [0.717, 1.165) is 0 Å². The van der Waals surface area contributed by atoms with E-state index >= 15 is 0 Å². The second-order valence-electron chi connectivity index (χ2n) is 3.60. The highest BCUT2D eigenvalue weighted by Gasteiger charge is 2.13. The Balaban J connectivity index is 3.76. The Morgan fingerprint density at radius 3 is 2.00 bits per heavy atom. The third-order valence-electron chi connectivity index (χ3n) is 1.74. The molecule has 0 aliphatic carbocycles. The molecule has 0 fully saturated rings. The Morgan fingerprint density at radius 1 is 1.17 bits per heavy atom. The zero-order chi connectivity index (χ0) is 9.72. The van der Waals surface area contributed by atoms with Crippen LogP contribution >= 0.6 is 0 Å². The Bertz CT molecular complexity index is 175. The molecule has 2 N–H and O–H groups in total. The van der Waals surface area contributed by atoms with Crippen LogP contribution in [0.3, 0.4) is 0 Å². The summed E-state index contributed by atoms with van der Waals surface area (Å²) in [5.74, 6) is 0.000493. The summed E-state index contributed by atoms with van der Waals surface area (Å²) in [6.45, 7) is 5.59. The van der Waals surface area contributed by atoms with Crippen molar-refractivity contribution in [3.8, 4) is 0 Å². The number of carbonyl (C=O) groups is 2. The molecule has 0 radical (unpaired) electrons. The number of primary amides is 1. The number of hydrogen-bond donors (Lipinski definition) is 1. The van der Waals surface area contributed by atoms with Crippen molar-refractivity contribution in [2.75, 3.05) is 0 Å². The van der Waals surface area contributed by atoms with E-state index < -0.39 is 0 Å². The Hall–Kier alpha value is -0.860. The van der Waals surface area contributed by atoms with Gasteiger partial charge in [0.2, 0.25) is 5.91 Å². The van der Waals surface area contributed by atoms with Gasteiger partial charge in [-0.25, -0.2) is 0 Å². The standard InChI is InChI=1S/C9H17NO2/c1-6(2)8(11)4-7(3)5-9(10)12/h6-7H,4-5H2,1-3H3,(H2,10,12). The molecule has 0 heterocycles. The second kappa shape index (κ2) is 4.91. The van der Waals surface area contributed by atoms with Gasteiger partial charge in [-0.2, -0.15) is 0 Å². The Morgan fingerprint density at radius 2 is 1.67 bits per heavy atom. The van der Waals surface area contributed by atoms with E-state index in [1.165, 1.54) is 0 Å². The lowest BCUT2D eigenvalue weighted by Gasteiger charge is -2.09. The average molecular weight is 171 g/mol. The molecule has 0 aromatic carbocycles. The third-order valence-corrected chi connectivity index (χ3v) is 1.74. The van der Waals surface area contributed by atoms with Crippen LogP contribution in [0, 0.1) is 11.8 Å². The van der Waals surface area contributed by atoms with Crippen molar-refractivity contribution >= 4 is 11.7 Å². The van der Waals surface area contributed by atoms with Gasteiger partial charge < -0.3 is 5.73 Å². The van der Waals surface area contributed by atoms with Crippen molar-refractivity contribution < 1.29 is 9.59 Å². The molecule has 0 saturated carbocycles. The first-order chi connectivity index (χ1) is 5.43. The molecule has 12 heavy (non-hydrogen) atoms. The van der Waals surface area contributed by atoms with Gasteiger partial charge in [-0.3, -0.25) is 9.59 Å². The molecule has 1 atom stereocenters. The van der Waals surface area contributed by atoms with Crippen molar-refractivity contribution in [1.29, 1.82) is 0 Å². The molecule has 0 aromatic rings. The first-order valence-corrected chi connectivity index (χ1v) is 4.24. The maximum absolute atomic E-state index is 11.2. The molecule has 70 valence electrons. The lowest BCUT2D eigenvalue weighted by atomic mass is 9.95. The number of Topliss-reactive ketones (excluding diaryl/α,β-unsaturated/α-hetero) is 1. The molecule has 3 heteroatoms. The topological polar surface area (TPSA) is 60.2 Å². The van der Waals surface area contributed by atoms with Gasteiger partial charge in [0.05, 0.1) is 0 Å². The van der Waals surface area contributed by atoms with Crippen molar-refractivity contribution in [2.24, 2.45) is 17.6 Å². The van der Waals surface area contributed by atoms with E-state index in [9.17, 15) is 9.59 Å². The quantitative estimate of drug-likeness (QED) is 0.673. The minimum absolute atomic E-state index is 0.0559. The van der Waals surface area contributed by atoms with Gasteiger partial charge in [0.15, 0.2) is 0 Å². The molecule has 3 nitrogen and oxygen atoms in total. The van der Waals surface area contributed by atoms with Crippen LogP contribution in [0.4, 0.5) is 0 Å². The van der Waals surface area contributed by atoms with E-state index in [1.54, 1.807) is 0 Å². The van der Waals surface area contributed by atoms with E-state index in [4.69, 9.17) is 5.73 Å². The normalized spacial score (nSPS) is 13.0. The first kappa shape index (κ1) is 11.1. The summed E-state index contributed by atoms with van der Waals surface area (Å²) in [4.78, 5) is 21.7. The molecule has 0 saturated heterocycles. The van der Waals surface area contributed by atoms with Crippen molar-refractivity contribution in [2.45, 2.75) is 33.6 Å².